The van der Waals surface area contributed by atoms with Crippen LogP contribution in [0.1, 0.15) is 10.4 Å². The van der Waals surface area contributed by atoms with Crippen molar-refractivity contribution < 1.29 is 14.3 Å². The maximum Gasteiger partial charge on any atom is 0.255 e. The lowest BCUT2D eigenvalue weighted by atomic mass is 10.1. The lowest BCUT2D eigenvalue weighted by Gasteiger charge is -2.18. The first kappa shape index (κ1) is 17.5. The molecule has 1 amide bonds. The number of rotatable bonds is 3. The maximum absolute atomic E-state index is 12.7. The molecule has 7 nitrogen and oxygen atoms in total. The van der Waals surface area contributed by atoms with Gasteiger partial charge in [0.15, 0.2) is 11.5 Å². The third kappa shape index (κ3) is 3.36. The van der Waals surface area contributed by atoms with Crippen LogP contribution < -0.4 is 14.8 Å². The zero-order valence-corrected chi connectivity index (χ0v) is 15.9. The molecule has 0 atom stereocenters. The lowest BCUT2D eigenvalue weighted by Crippen LogP contribution is -2.17. The number of carbonyl (C=O) groups excluding carboxylic acids is 1. The minimum Gasteiger partial charge on any atom is -0.486 e. The van der Waals surface area contributed by atoms with Crippen molar-refractivity contribution >= 4 is 34.2 Å². The van der Waals surface area contributed by atoms with Crippen molar-refractivity contribution in [2.75, 3.05) is 18.5 Å². The standard InChI is InChI=1S/C21H15ClN4O3/c22-15-11-17-18(25-26(24-17)14-4-2-1-3-5-14)12-16(15)23-21(27)13-6-7-19-20(10-13)29-9-8-28-19/h1-7,10-12H,8-9H2,(H,23,27). The van der Waals surface area contributed by atoms with Crippen LogP contribution >= 0.6 is 11.6 Å². The summed E-state index contributed by atoms with van der Waals surface area (Å²) in [6.07, 6.45) is 0. The van der Waals surface area contributed by atoms with Gasteiger partial charge in [-0.2, -0.15) is 4.80 Å². The van der Waals surface area contributed by atoms with Gasteiger partial charge in [0.25, 0.3) is 5.91 Å². The van der Waals surface area contributed by atoms with E-state index in [1.165, 1.54) is 4.80 Å². The first-order chi connectivity index (χ1) is 14.2. The van der Waals surface area contributed by atoms with Gasteiger partial charge in [0.1, 0.15) is 24.2 Å². The van der Waals surface area contributed by atoms with Crippen LogP contribution in [0.3, 0.4) is 0 Å². The molecule has 1 aromatic heterocycles. The zero-order chi connectivity index (χ0) is 19.8. The predicted octanol–water partition coefficient (Wildman–Crippen LogP) is 4.10. The topological polar surface area (TPSA) is 78.3 Å². The molecule has 144 valence electrons. The van der Waals surface area contributed by atoms with Gasteiger partial charge in [-0.25, -0.2) is 0 Å². The molecule has 0 unspecified atom stereocenters. The first-order valence-corrected chi connectivity index (χ1v) is 9.38. The smallest absolute Gasteiger partial charge is 0.255 e. The Morgan fingerprint density at radius 1 is 0.931 bits per heavy atom. The van der Waals surface area contributed by atoms with Crippen molar-refractivity contribution in [3.63, 3.8) is 0 Å². The van der Waals surface area contributed by atoms with Crippen molar-refractivity contribution in [3.8, 4) is 17.2 Å². The second-order valence-corrected chi connectivity index (χ2v) is 6.87. The maximum atomic E-state index is 12.7. The summed E-state index contributed by atoms with van der Waals surface area (Å²) in [4.78, 5) is 14.2. The van der Waals surface area contributed by atoms with Crippen LogP contribution in [0.4, 0.5) is 5.69 Å². The van der Waals surface area contributed by atoms with E-state index in [9.17, 15) is 4.79 Å². The highest BCUT2D eigenvalue weighted by Crippen LogP contribution is 2.32. The average molecular weight is 407 g/mol. The SMILES string of the molecule is O=C(Nc1cc2nn(-c3ccccc3)nc2cc1Cl)c1ccc2c(c1)OCCO2. The highest BCUT2D eigenvalue weighted by molar-refractivity contribution is 6.34. The molecular weight excluding hydrogens is 392 g/mol. The van der Waals surface area contributed by atoms with E-state index >= 15 is 0 Å². The van der Waals surface area contributed by atoms with E-state index in [0.29, 0.717) is 52.0 Å². The van der Waals surface area contributed by atoms with E-state index < -0.39 is 0 Å². The number of para-hydroxylation sites is 1. The Morgan fingerprint density at radius 3 is 2.45 bits per heavy atom. The van der Waals surface area contributed by atoms with Gasteiger partial charge in [-0.05, 0) is 42.5 Å². The largest absolute Gasteiger partial charge is 0.486 e. The number of nitrogens with zero attached hydrogens (tertiary/aromatic N) is 3. The number of hydrogen-bond acceptors (Lipinski definition) is 5. The molecule has 1 N–H and O–H groups in total. The number of aromatic nitrogens is 3. The fourth-order valence-electron chi connectivity index (χ4n) is 3.09. The van der Waals surface area contributed by atoms with Gasteiger partial charge in [-0.1, -0.05) is 29.8 Å². The monoisotopic (exact) mass is 406 g/mol. The van der Waals surface area contributed by atoms with Gasteiger partial charge < -0.3 is 14.8 Å². The molecule has 0 fully saturated rings. The molecule has 3 aromatic carbocycles. The average Bonchev–Trinajstić information content (AvgIpc) is 3.17. The Hall–Kier alpha value is -3.58. The number of fused-ring (bicyclic) bond motifs is 2. The summed E-state index contributed by atoms with van der Waals surface area (Å²) in [5, 5.41) is 12.1. The minimum absolute atomic E-state index is 0.307. The summed E-state index contributed by atoms with van der Waals surface area (Å²) in [5.74, 6) is 0.875. The molecule has 1 aliphatic heterocycles. The van der Waals surface area contributed by atoms with E-state index in [4.69, 9.17) is 21.1 Å². The number of amides is 1. The highest BCUT2D eigenvalue weighted by atomic mass is 35.5. The number of carbonyl (C=O) groups is 1. The summed E-state index contributed by atoms with van der Waals surface area (Å²) in [6.45, 7) is 0.954. The van der Waals surface area contributed by atoms with Crippen molar-refractivity contribution in [2.24, 2.45) is 0 Å². The molecule has 5 rings (SSSR count). The van der Waals surface area contributed by atoms with Gasteiger partial charge in [0.05, 0.1) is 16.4 Å². The molecule has 1 aliphatic rings. The molecule has 0 saturated carbocycles. The van der Waals surface area contributed by atoms with E-state index in [2.05, 4.69) is 15.5 Å². The van der Waals surface area contributed by atoms with E-state index in [0.717, 1.165) is 5.69 Å². The number of ether oxygens (including phenoxy) is 2. The fraction of sp³-hybridized carbons (Fsp3) is 0.0952. The molecule has 0 spiro atoms. The third-order valence-electron chi connectivity index (χ3n) is 4.51. The Labute approximate surface area is 170 Å². The molecule has 0 saturated heterocycles. The fourth-order valence-corrected chi connectivity index (χ4v) is 3.29. The van der Waals surface area contributed by atoms with E-state index in [-0.39, 0.29) is 5.91 Å². The number of hydrogen-bond donors (Lipinski definition) is 1. The number of benzene rings is 3. The molecule has 0 radical (unpaired) electrons. The predicted molar refractivity (Wildman–Crippen MR) is 109 cm³/mol. The summed E-state index contributed by atoms with van der Waals surface area (Å²) < 4.78 is 11.0. The van der Waals surface area contributed by atoms with Crippen molar-refractivity contribution in [3.05, 3.63) is 71.2 Å². The van der Waals surface area contributed by atoms with Crippen LogP contribution in [0, 0.1) is 0 Å². The number of anilines is 1. The summed E-state index contributed by atoms with van der Waals surface area (Å²) in [7, 11) is 0. The normalized spacial score (nSPS) is 12.7. The molecule has 29 heavy (non-hydrogen) atoms. The van der Waals surface area contributed by atoms with Crippen LogP contribution in [-0.4, -0.2) is 34.1 Å². The lowest BCUT2D eigenvalue weighted by molar-refractivity contribution is 0.102. The second kappa shape index (κ2) is 7.10. The Bertz CT molecular complexity index is 1220. The van der Waals surface area contributed by atoms with E-state index in [1.54, 1.807) is 30.3 Å². The molecular formula is C21H15ClN4O3. The third-order valence-corrected chi connectivity index (χ3v) is 4.82. The van der Waals surface area contributed by atoms with Crippen LogP contribution in [0.2, 0.25) is 5.02 Å². The van der Waals surface area contributed by atoms with Gasteiger partial charge in [0, 0.05) is 5.56 Å². The molecule has 0 aliphatic carbocycles. The van der Waals surface area contributed by atoms with Crippen molar-refractivity contribution in [1.29, 1.82) is 0 Å². The van der Waals surface area contributed by atoms with Crippen molar-refractivity contribution in [1.82, 2.24) is 15.0 Å². The molecule has 4 aromatic rings. The first-order valence-electron chi connectivity index (χ1n) is 9.00. The van der Waals surface area contributed by atoms with Gasteiger partial charge >= 0.3 is 0 Å². The minimum atomic E-state index is -0.307. The van der Waals surface area contributed by atoms with Crippen LogP contribution in [0.5, 0.6) is 11.5 Å². The van der Waals surface area contributed by atoms with Crippen LogP contribution in [0.25, 0.3) is 16.7 Å². The Kier molecular flexibility index (Phi) is 4.29. The summed E-state index contributed by atoms with van der Waals surface area (Å²) in [5.41, 5.74) is 2.99. The molecule has 0 bridgehead atoms. The Balaban J connectivity index is 1.44. The zero-order valence-electron chi connectivity index (χ0n) is 15.1. The van der Waals surface area contributed by atoms with Crippen molar-refractivity contribution in [2.45, 2.75) is 0 Å². The quantitative estimate of drug-likeness (QED) is 0.554. The van der Waals surface area contributed by atoms with Crippen LogP contribution in [-0.2, 0) is 0 Å². The van der Waals surface area contributed by atoms with Gasteiger partial charge in [-0.3, -0.25) is 4.79 Å². The second-order valence-electron chi connectivity index (χ2n) is 6.46. The summed E-state index contributed by atoms with van der Waals surface area (Å²) >= 11 is 6.37. The van der Waals surface area contributed by atoms with Gasteiger partial charge in [-0.15, -0.1) is 10.2 Å². The number of halogens is 1. The summed E-state index contributed by atoms with van der Waals surface area (Å²) in [6, 6.07) is 18.0. The van der Waals surface area contributed by atoms with Gasteiger partial charge in [0.2, 0.25) is 0 Å². The molecule has 8 heteroatoms. The molecule has 2 heterocycles. The Morgan fingerprint density at radius 2 is 1.66 bits per heavy atom. The van der Waals surface area contributed by atoms with E-state index in [1.807, 2.05) is 30.3 Å². The van der Waals surface area contributed by atoms with Crippen LogP contribution in [0.15, 0.2) is 60.7 Å². The number of nitrogens with one attached hydrogen (secondary N) is 1. The highest BCUT2D eigenvalue weighted by Gasteiger charge is 2.17.